The van der Waals surface area contributed by atoms with Crippen LogP contribution >= 0.6 is 11.3 Å². The number of aryl methyl sites for hydroxylation is 1. The number of hydrogen-bond donors (Lipinski definition) is 1. The van der Waals surface area contributed by atoms with Crippen LogP contribution in [0.25, 0.3) is 0 Å². The van der Waals surface area contributed by atoms with Gasteiger partial charge in [-0.15, -0.1) is 11.3 Å². The summed E-state index contributed by atoms with van der Waals surface area (Å²) < 4.78 is 5.79. The second kappa shape index (κ2) is 4.87. The van der Waals surface area contributed by atoms with Crippen LogP contribution < -0.4 is 5.32 Å². The number of thiazole rings is 1. The number of nitrogens with one attached hydrogen (secondary N) is 1. The first kappa shape index (κ1) is 10.1. The van der Waals surface area contributed by atoms with Crippen LogP contribution in [0.2, 0.25) is 0 Å². The van der Waals surface area contributed by atoms with E-state index >= 15 is 0 Å². The summed E-state index contributed by atoms with van der Waals surface area (Å²) in [5.41, 5.74) is 1.10. The van der Waals surface area contributed by atoms with Crippen LogP contribution in [0, 0.1) is 6.92 Å². The number of hydrogen-bond acceptors (Lipinski definition) is 4. The number of aromatic nitrogens is 1. The summed E-state index contributed by atoms with van der Waals surface area (Å²) in [6.45, 7) is 4.87. The van der Waals surface area contributed by atoms with Crippen LogP contribution in [0.4, 0.5) is 0 Å². The maximum atomic E-state index is 5.79. The van der Waals surface area contributed by atoms with Gasteiger partial charge in [0, 0.05) is 11.1 Å². The van der Waals surface area contributed by atoms with Crippen molar-refractivity contribution in [3.8, 4) is 0 Å². The molecule has 0 saturated carbocycles. The van der Waals surface area contributed by atoms with Crippen molar-refractivity contribution >= 4 is 11.3 Å². The predicted octanol–water partition coefficient (Wildman–Crippen LogP) is 1.72. The van der Waals surface area contributed by atoms with Crippen LogP contribution in [0.15, 0.2) is 5.38 Å². The summed E-state index contributed by atoms with van der Waals surface area (Å²) in [5, 5.41) is 6.49. The molecule has 0 unspecified atom stereocenters. The molecule has 2 heterocycles. The standard InChI is InChI=1S/C10H16N2OS/c1-8-7-14-10(12-8)6-13-9-2-4-11-5-3-9/h7,9,11H,2-6H2,1H3. The van der Waals surface area contributed by atoms with Crippen molar-refractivity contribution in [2.24, 2.45) is 0 Å². The van der Waals surface area contributed by atoms with Crippen molar-refractivity contribution in [1.82, 2.24) is 10.3 Å². The quantitative estimate of drug-likeness (QED) is 0.828. The summed E-state index contributed by atoms with van der Waals surface area (Å²) in [6, 6.07) is 0. The van der Waals surface area contributed by atoms with E-state index in [-0.39, 0.29) is 0 Å². The van der Waals surface area contributed by atoms with E-state index in [9.17, 15) is 0 Å². The first-order chi connectivity index (χ1) is 6.84. The zero-order valence-corrected chi connectivity index (χ0v) is 9.27. The van der Waals surface area contributed by atoms with Crippen LogP contribution in [0.3, 0.4) is 0 Å². The first-order valence-electron chi connectivity index (χ1n) is 5.08. The Balaban J connectivity index is 1.76. The van der Waals surface area contributed by atoms with Gasteiger partial charge in [-0.2, -0.15) is 0 Å². The predicted molar refractivity (Wildman–Crippen MR) is 57.5 cm³/mol. The molecule has 0 bridgehead atoms. The number of piperidine rings is 1. The maximum absolute atomic E-state index is 5.79. The summed E-state index contributed by atoms with van der Waals surface area (Å²) in [4.78, 5) is 4.37. The van der Waals surface area contributed by atoms with Gasteiger partial charge < -0.3 is 10.1 Å². The number of nitrogens with zero attached hydrogens (tertiary/aromatic N) is 1. The summed E-state index contributed by atoms with van der Waals surface area (Å²) in [6.07, 6.45) is 2.69. The van der Waals surface area contributed by atoms with E-state index in [0.717, 1.165) is 36.6 Å². The molecule has 1 saturated heterocycles. The molecule has 1 aliphatic rings. The Morgan fingerprint density at radius 1 is 1.57 bits per heavy atom. The van der Waals surface area contributed by atoms with E-state index in [1.165, 1.54) is 0 Å². The van der Waals surface area contributed by atoms with Crippen molar-refractivity contribution in [3.05, 3.63) is 16.1 Å². The molecule has 1 aromatic rings. The first-order valence-corrected chi connectivity index (χ1v) is 5.96. The molecule has 0 aromatic carbocycles. The smallest absolute Gasteiger partial charge is 0.119 e. The molecule has 1 fully saturated rings. The highest BCUT2D eigenvalue weighted by atomic mass is 32.1. The normalized spacial score (nSPS) is 18.6. The van der Waals surface area contributed by atoms with Gasteiger partial charge in [-0.3, -0.25) is 0 Å². The minimum atomic E-state index is 0.431. The SMILES string of the molecule is Cc1csc(COC2CCNCC2)n1. The van der Waals surface area contributed by atoms with Crippen LogP contribution in [-0.4, -0.2) is 24.2 Å². The van der Waals surface area contributed by atoms with Gasteiger partial charge in [-0.25, -0.2) is 4.98 Å². The molecule has 0 spiro atoms. The minimum Gasteiger partial charge on any atom is -0.371 e. The Bertz CT molecular complexity index is 281. The average molecular weight is 212 g/mol. The van der Waals surface area contributed by atoms with E-state index < -0.39 is 0 Å². The Kier molecular flexibility index (Phi) is 3.50. The van der Waals surface area contributed by atoms with Gasteiger partial charge in [0.25, 0.3) is 0 Å². The summed E-state index contributed by atoms with van der Waals surface area (Å²) in [7, 11) is 0. The molecule has 0 atom stereocenters. The highest BCUT2D eigenvalue weighted by molar-refractivity contribution is 7.09. The molecule has 1 aliphatic heterocycles. The average Bonchev–Trinajstić information content (AvgIpc) is 2.63. The van der Waals surface area contributed by atoms with Crippen molar-refractivity contribution in [2.75, 3.05) is 13.1 Å². The van der Waals surface area contributed by atoms with E-state index in [2.05, 4.69) is 15.7 Å². The van der Waals surface area contributed by atoms with E-state index in [0.29, 0.717) is 12.7 Å². The molecule has 2 rings (SSSR count). The minimum absolute atomic E-state index is 0.431. The molecule has 1 N–H and O–H groups in total. The molecular formula is C10H16N2OS. The van der Waals surface area contributed by atoms with Gasteiger partial charge in [0.05, 0.1) is 12.7 Å². The lowest BCUT2D eigenvalue weighted by atomic mass is 10.1. The third-order valence-electron chi connectivity index (χ3n) is 2.40. The molecular weight excluding hydrogens is 196 g/mol. The third-order valence-corrected chi connectivity index (χ3v) is 3.34. The fourth-order valence-corrected chi connectivity index (χ4v) is 2.31. The Hall–Kier alpha value is -0.450. The van der Waals surface area contributed by atoms with Crippen molar-refractivity contribution < 1.29 is 4.74 Å². The van der Waals surface area contributed by atoms with Crippen LogP contribution in [0.5, 0.6) is 0 Å². The lowest BCUT2D eigenvalue weighted by molar-refractivity contribution is 0.0211. The molecule has 14 heavy (non-hydrogen) atoms. The van der Waals surface area contributed by atoms with E-state index in [1.807, 2.05) is 6.92 Å². The van der Waals surface area contributed by atoms with Gasteiger partial charge >= 0.3 is 0 Å². The summed E-state index contributed by atoms with van der Waals surface area (Å²) >= 11 is 1.69. The van der Waals surface area contributed by atoms with Gasteiger partial charge in [-0.1, -0.05) is 0 Å². The Morgan fingerprint density at radius 2 is 2.36 bits per heavy atom. The molecule has 1 aromatic heterocycles. The van der Waals surface area contributed by atoms with Gasteiger partial charge in [0.2, 0.25) is 0 Å². The van der Waals surface area contributed by atoms with Crippen LogP contribution in [0.1, 0.15) is 23.5 Å². The topological polar surface area (TPSA) is 34.1 Å². The molecule has 78 valence electrons. The van der Waals surface area contributed by atoms with Crippen LogP contribution in [-0.2, 0) is 11.3 Å². The molecule has 0 aliphatic carbocycles. The molecule has 3 nitrogen and oxygen atoms in total. The molecule has 4 heteroatoms. The zero-order chi connectivity index (χ0) is 9.80. The molecule has 0 amide bonds. The van der Waals surface area contributed by atoms with Gasteiger partial charge in [-0.05, 0) is 32.9 Å². The highest BCUT2D eigenvalue weighted by Gasteiger charge is 2.13. The monoisotopic (exact) mass is 212 g/mol. The fourth-order valence-electron chi connectivity index (χ4n) is 1.62. The van der Waals surface area contributed by atoms with Crippen molar-refractivity contribution in [1.29, 1.82) is 0 Å². The largest absolute Gasteiger partial charge is 0.371 e. The van der Waals surface area contributed by atoms with E-state index in [1.54, 1.807) is 11.3 Å². The van der Waals surface area contributed by atoms with E-state index in [4.69, 9.17) is 4.74 Å². The van der Waals surface area contributed by atoms with Crippen molar-refractivity contribution in [3.63, 3.8) is 0 Å². The van der Waals surface area contributed by atoms with Gasteiger partial charge in [0.15, 0.2) is 0 Å². The number of rotatable bonds is 3. The number of ether oxygens (including phenoxy) is 1. The highest BCUT2D eigenvalue weighted by Crippen LogP contribution is 2.14. The third kappa shape index (κ3) is 2.77. The lowest BCUT2D eigenvalue weighted by Gasteiger charge is -2.22. The lowest BCUT2D eigenvalue weighted by Crippen LogP contribution is -2.32. The summed E-state index contributed by atoms with van der Waals surface area (Å²) in [5.74, 6) is 0. The van der Waals surface area contributed by atoms with Gasteiger partial charge in [0.1, 0.15) is 5.01 Å². The second-order valence-electron chi connectivity index (χ2n) is 3.64. The maximum Gasteiger partial charge on any atom is 0.119 e. The Morgan fingerprint density at radius 3 is 3.00 bits per heavy atom. The van der Waals surface area contributed by atoms with Crippen molar-refractivity contribution in [2.45, 2.75) is 32.5 Å². The Labute approximate surface area is 88.5 Å². The second-order valence-corrected chi connectivity index (χ2v) is 4.59. The fraction of sp³-hybridized carbons (Fsp3) is 0.700. The molecule has 0 radical (unpaired) electrons. The zero-order valence-electron chi connectivity index (χ0n) is 8.45.